The zero-order valence-electron chi connectivity index (χ0n) is 15.1. The third kappa shape index (κ3) is 10.4. The van der Waals surface area contributed by atoms with Crippen LogP contribution in [0.1, 0.15) is 34.6 Å². The van der Waals surface area contributed by atoms with Crippen LogP contribution in [0.4, 0.5) is 0 Å². The van der Waals surface area contributed by atoms with Crippen LogP contribution < -0.4 is 0 Å². The lowest BCUT2D eigenvalue weighted by molar-refractivity contribution is -0.0380. The highest BCUT2D eigenvalue weighted by atomic mass is 32.2. The molecule has 146 valence electrons. The molecule has 0 spiro atoms. The van der Waals surface area contributed by atoms with Gasteiger partial charge in [-0.3, -0.25) is 4.52 Å². The predicted molar refractivity (Wildman–Crippen MR) is 96.6 cm³/mol. The quantitative estimate of drug-likeness (QED) is 0.470. The molecule has 8 nitrogen and oxygen atoms in total. The Morgan fingerprint density at radius 1 is 1.21 bits per heavy atom. The summed E-state index contributed by atoms with van der Waals surface area (Å²) in [6, 6.07) is -0.307. The molecule has 0 saturated carbocycles. The SMILES string of the molecule is CCSC(C)[C@H](C)O[C@H](COP(=O)(O)O)CN(C(C)C)S(C)(=O)=O. The third-order valence-corrected chi connectivity index (χ3v) is 6.46. The number of phosphoric acid groups is 1. The van der Waals surface area contributed by atoms with Gasteiger partial charge in [-0.15, -0.1) is 0 Å². The van der Waals surface area contributed by atoms with Gasteiger partial charge in [-0.25, -0.2) is 13.0 Å². The number of thioether (sulfide) groups is 1. The van der Waals surface area contributed by atoms with Gasteiger partial charge in [0.2, 0.25) is 10.0 Å². The zero-order valence-corrected chi connectivity index (χ0v) is 17.6. The van der Waals surface area contributed by atoms with E-state index in [0.717, 1.165) is 12.0 Å². The summed E-state index contributed by atoms with van der Waals surface area (Å²) in [6.07, 6.45) is 0.0749. The standard InChI is InChI=1S/C13H30NO7PS2/c1-7-23-12(5)11(4)21-13(9-20-22(15,16)17)8-14(10(2)3)24(6,18)19/h10-13H,7-9H2,1-6H3,(H2,15,16,17)/t11-,12?,13-/m0/s1. The Balaban J connectivity index is 5.13. The lowest BCUT2D eigenvalue weighted by Gasteiger charge is -2.31. The van der Waals surface area contributed by atoms with Gasteiger partial charge in [-0.05, 0) is 26.5 Å². The fourth-order valence-corrected chi connectivity index (χ4v) is 4.48. The van der Waals surface area contributed by atoms with Crippen molar-refractivity contribution in [2.24, 2.45) is 0 Å². The summed E-state index contributed by atoms with van der Waals surface area (Å²) >= 11 is 1.68. The van der Waals surface area contributed by atoms with Crippen LogP contribution in [0.3, 0.4) is 0 Å². The molecule has 0 aliphatic carbocycles. The van der Waals surface area contributed by atoms with Crippen molar-refractivity contribution in [3.05, 3.63) is 0 Å². The van der Waals surface area contributed by atoms with Crippen molar-refractivity contribution in [2.75, 3.05) is 25.2 Å². The van der Waals surface area contributed by atoms with Crippen LogP contribution in [0.15, 0.2) is 0 Å². The highest BCUT2D eigenvalue weighted by molar-refractivity contribution is 7.99. The van der Waals surface area contributed by atoms with Crippen molar-refractivity contribution in [3.8, 4) is 0 Å². The van der Waals surface area contributed by atoms with Gasteiger partial charge < -0.3 is 14.5 Å². The summed E-state index contributed by atoms with van der Waals surface area (Å²) in [4.78, 5) is 17.8. The van der Waals surface area contributed by atoms with Crippen molar-refractivity contribution in [1.82, 2.24) is 4.31 Å². The molecule has 1 unspecified atom stereocenters. The predicted octanol–water partition coefficient (Wildman–Crippen LogP) is 1.68. The summed E-state index contributed by atoms with van der Waals surface area (Å²) in [5.74, 6) is 0.903. The number of nitrogens with zero attached hydrogens (tertiary/aromatic N) is 1. The van der Waals surface area contributed by atoms with E-state index in [1.54, 1.807) is 25.6 Å². The van der Waals surface area contributed by atoms with E-state index in [1.165, 1.54) is 4.31 Å². The molecular weight excluding hydrogens is 377 g/mol. The van der Waals surface area contributed by atoms with Gasteiger partial charge in [-0.1, -0.05) is 13.8 Å². The van der Waals surface area contributed by atoms with E-state index < -0.39 is 30.6 Å². The van der Waals surface area contributed by atoms with E-state index >= 15 is 0 Å². The van der Waals surface area contributed by atoms with Crippen LogP contribution in [0.25, 0.3) is 0 Å². The largest absolute Gasteiger partial charge is 0.469 e. The van der Waals surface area contributed by atoms with Gasteiger partial charge in [0, 0.05) is 17.8 Å². The molecule has 0 fully saturated rings. The molecule has 0 aliphatic heterocycles. The average molecular weight is 407 g/mol. The van der Waals surface area contributed by atoms with Gasteiger partial charge >= 0.3 is 7.82 Å². The number of sulfonamides is 1. The first kappa shape index (κ1) is 24.3. The fourth-order valence-electron chi connectivity index (χ4n) is 2.06. The van der Waals surface area contributed by atoms with Crippen LogP contribution in [0, 0.1) is 0 Å². The topological polar surface area (TPSA) is 113 Å². The monoisotopic (exact) mass is 407 g/mol. The van der Waals surface area contributed by atoms with Crippen LogP contribution in [-0.2, 0) is 23.8 Å². The van der Waals surface area contributed by atoms with Gasteiger partial charge in [0.15, 0.2) is 0 Å². The molecule has 0 aromatic heterocycles. The molecular formula is C13H30NO7PS2. The fraction of sp³-hybridized carbons (Fsp3) is 1.00. The number of hydrogen-bond donors (Lipinski definition) is 2. The smallest absolute Gasteiger partial charge is 0.370 e. The molecule has 11 heteroatoms. The van der Waals surface area contributed by atoms with Crippen molar-refractivity contribution >= 4 is 29.6 Å². The second-order valence-electron chi connectivity index (χ2n) is 5.84. The summed E-state index contributed by atoms with van der Waals surface area (Å²) in [5, 5.41) is 0.151. The number of phosphoric ester groups is 1. The highest BCUT2D eigenvalue weighted by Crippen LogP contribution is 2.36. The lowest BCUT2D eigenvalue weighted by atomic mass is 10.2. The normalized spacial score (nSPS) is 17.2. The molecule has 0 saturated heterocycles. The molecule has 0 radical (unpaired) electrons. The van der Waals surface area contributed by atoms with E-state index in [1.807, 2.05) is 20.8 Å². The number of rotatable bonds is 12. The second kappa shape index (κ2) is 10.5. The molecule has 3 atom stereocenters. The maximum Gasteiger partial charge on any atom is 0.469 e. The van der Waals surface area contributed by atoms with Crippen molar-refractivity contribution in [3.63, 3.8) is 0 Å². The van der Waals surface area contributed by atoms with Gasteiger partial charge in [0.25, 0.3) is 0 Å². The van der Waals surface area contributed by atoms with E-state index in [0.29, 0.717) is 0 Å². The summed E-state index contributed by atoms with van der Waals surface area (Å²) in [6.45, 7) is 8.87. The highest BCUT2D eigenvalue weighted by Gasteiger charge is 2.29. The molecule has 2 N–H and O–H groups in total. The first-order chi connectivity index (χ1) is 10.8. The minimum Gasteiger partial charge on any atom is -0.370 e. The summed E-state index contributed by atoms with van der Waals surface area (Å²) in [7, 11) is -8.14. The molecule has 24 heavy (non-hydrogen) atoms. The van der Waals surface area contributed by atoms with Crippen LogP contribution >= 0.6 is 19.6 Å². The van der Waals surface area contributed by atoms with Gasteiger partial charge in [0.05, 0.1) is 25.1 Å². The maximum atomic E-state index is 11.9. The van der Waals surface area contributed by atoms with Gasteiger partial charge in [0.1, 0.15) is 0 Å². The first-order valence-corrected chi connectivity index (χ1v) is 12.1. The van der Waals surface area contributed by atoms with E-state index in [-0.39, 0.29) is 23.9 Å². The Hall–Kier alpha value is 0.330. The minimum atomic E-state index is -4.66. The maximum absolute atomic E-state index is 11.9. The number of ether oxygens (including phenoxy) is 1. The van der Waals surface area contributed by atoms with Crippen LogP contribution in [-0.4, -0.2) is 71.2 Å². The van der Waals surface area contributed by atoms with E-state index in [9.17, 15) is 13.0 Å². The third-order valence-electron chi connectivity index (χ3n) is 3.31. The molecule has 0 rings (SSSR count). The van der Waals surface area contributed by atoms with Gasteiger partial charge in [-0.2, -0.15) is 16.1 Å². The first-order valence-electron chi connectivity index (χ1n) is 7.71. The van der Waals surface area contributed by atoms with Crippen LogP contribution in [0.2, 0.25) is 0 Å². The Morgan fingerprint density at radius 3 is 2.12 bits per heavy atom. The molecule has 0 amide bonds. The van der Waals surface area contributed by atoms with Crippen molar-refractivity contribution < 1.29 is 32.0 Å². The summed E-state index contributed by atoms with van der Waals surface area (Å²) in [5.41, 5.74) is 0. The Labute approximate surface area is 149 Å². The zero-order chi connectivity index (χ0) is 19.1. The van der Waals surface area contributed by atoms with E-state index in [4.69, 9.17) is 14.5 Å². The average Bonchev–Trinajstić information content (AvgIpc) is 2.38. The molecule has 0 bridgehead atoms. The van der Waals surface area contributed by atoms with Crippen molar-refractivity contribution in [1.29, 1.82) is 0 Å². The Bertz CT molecular complexity index is 508. The summed E-state index contributed by atoms with van der Waals surface area (Å²) < 4.78 is 46.4. The van der Waals surface area contributed by atoms with E-state index in [2.05, 4.69) is 4.52 Å². The van der Waals surface area contributed by atoms with Crippen LogP contribution in [0.5, 0.6) is 0 Å². The lowest BCUT2D eigenvalue weighted by Crippen LogP contribution is -2.45. The molecule has 0 aliphatic rings. The Kier molecular flexibility index (Phi) is 10.6. The molecule has 0 aromatic carbocycles. The Morgan fingerprint density at radius 2 is 1.75 bits per heavy atom. The number of hydrogen-bond acceptors (Lipinski definition) is 6. The van der Waals surface area contributed by atoms with Crippen molar-refractivity contribution in [2.45, 2.75) is 58.1 Å². The minimum absolute atomic E-state index is 0.0373. The second-order valence-corrected chi connectivity index (χ2v) is 10.7. The molecule has 0 aromatic rings. The molecule has 0 heterocycles.